The van der Waals surface area contributed by atoms with Crippen molar-refractivity contribution in [2.45, 2.75) is 5.88 Å². The molecule has 7 aromatic rings. The predicted octanol–water partition coefficient (Wildman–Crippen LogP) is 9.32. The van der Waals surface area contributed by atoms with Gasteiger partial charge in [0.15, 0.2) is 0 Å². The van der Waals surface area contributed by atoms with Crippen LogP contribution >= 0.6 is 27.4 Å². The Morgan fingerprint density at radius 3 is 0.587 bits per heavy atom. The van der Waals surface area contributed by atoms with E-state index in [0.29, 0.717) is 5.88 Å². The summed E-state index contributed by atoms with van der Waals surface area (Å²) in [7, 11) is -0.892. The molecule has 7 rings (SSSR count). The lowest BCUT2D eigenvalue weighted by atomic mass is 10.2. The third kappa shape index (κ3) is 9.84. The maximum absolute atomic E-state index is 5.53. The molecule has 0 N–H and O–H groups in total. The maximum Gasteiger partial charge on any atom is 0.0474 e. The Kier molecular flexibility index (Phi) is 13.4. The number of halogens is 1. The molecule has 0 unspecified atom stereocenters. The molecule has 0 amide bonds. The van der Waals surface area contributed by atoms with E-state index in [0.717, 1.165) is 0 Å². The zero-order valence-corrected chi connectivity index (χ0v) is 28.2. The number of benzene rings is 7. The summed E-state index contributed by atoms with van der Waals surface area (Å²) in [5, 5.41) is 8.39. The van der Waals surface area contributed by atoms with Crippen molar-refractivity contribution in [3.05, 3.63) is 218 Å². The first-order valence-electron chi connectivity index (χ1n) is 15.3. The van der Waals surface area contributed by atoms with Crippen molar-refractivity contribution in [3.63, 3.8) is 0 Å². The van der Waals surface area contributed by atoms with Gasteiger partial charge in [0, 0.05) is 5.88 Å². The molecule has 0 aliphatic heterocycles. The van der Waals surface area contributed by atoms with Crippen LogP contribution in [-0.2, 0) is 5.88 Å². The van der Waals surface area contributed by atoms with E-state index < -0.39 is 15.8 Å². The highest BCUT2D eigenvalue weighted by molar-refractivity contribution is 7.80. The third-order valence-corrected chi connectivity index (χ3v) is 12.3. The lowest BCUT2D eigenvalue weighted by Crippen LogP contribution is -2.20. The molecule has 46 heavy (non-hydrogen) atoms. The molecule has 0 fully saturated rings. The summed E-state index contributed by atoms with van der Waals surface area (Å²) >= 11 is 5.53. The average Bonchev–Trinajstić information content (AvgIpc) is 3.15. The zero-order chi connectivity index (χ0) is 31.7. The molecule has 0 bridgehead atoms. The van der Waals surface area contributed by atoms with E-state index in [4.69, 9.17) is 11.6 Å². The molecule has 7 aromatic carbocycles. The lowest BCUT2D eigenvalue weighted by molar-refractivity contribution is 1.41. The summed E-state index contributed by atoms with van der Waals surface area (Å²) in [5.41, 5.74) is 1.18. The van der Waals surface area contributed by atoms with Crippen molar-refractivity contribution in [2.75, 3.05) is 0 Å². The fourth-order valence-electron chi connectivity index (χ4n) is 4.92. The number of alkyl halides is 1. The largest absolute Gasteiger partial charge is 0.122 e. The minimum atomic E-state index is -0.446. The quantitative estimate of drug-likeness (QED) is 0.119. The van der Waals surface area contributed by atoms with Gasteiger partial charge in [0.2, 0.25) is 0 Å². The second-order valence-corrected chi connectivity index (χ2v) is 15.0. The van der Waals surface area contributed by atoms with E-state index in [2.05, 4.69) is 182 Å². The normalized spacial score (nSPS) is 10.3. The van der Waals surface area contributed by atoms with E-state index in [1.54, 1.807) is 0 Å². The molecular formula is C43H37ClP2. The van der Waals surface area contributed by atoms with E-state index in [1.165, 1.54) is 37.4 Å². The highest BCUT2D eigenvalue weighted by atomic mass is 35.5. The molecule has 3 heteroatoms. The fraction of sp³-hybridized carbons (Fsp3) is 0.0233. The average molecular weight is 651 g/mol. The monoisotopic (exact) mass is 650 g/mol. The molecule has 0 atom stereocenters. The van der Waals surface area contributed by atoms with Crippen molar-refractivity contribution in [1.29, 1.82) is 0 Å². The Balaban J connectivity index is 0.000000147. The van der Waals surface area contributed by atoms with Gasteiger partial charge in [0.05, 0.1) is 0 Å². The Morgan fingerprint density at radius 2 is 0.435 bits per heavy atom. The van der Waals surface area contributed by atoms with Crippen LogP contribution in [0.2, 0.25) is 0 Å². The first-order valence-corrected chi connectivity index (χ1v) is 18.6. The second-order valence-electron chi connectivity index (χ2n) is 10.3. The van der Waals surface area contributed by atoms with E-state index in [1.807, 2.05) is 30.3 Å². The number of rotatable bonds is 7. The molecule has 0 spiro atoms. The van der Waals surface area contributed by atoms with E-state index >= 15 is 0 Å². The van der Waals surface area contributed by atoms with Gasteiger partial charge in [-0.3, -0.25) is 0 Å². The van der Waals surface area contributed by atoms with Gasteiger partial charge in [-0.25, -0.2) is 0 Å². The van der Waals surface area contributed by atoms with Crippen molar-refractivity contribution in [1.82, 2.24) is 0 Å². The smallest absolute Gasteiger partial charge is 0.0474 e. The van der Waals surface area contributed by atoms with Crippen LogP contribution in [0.4, 0.5) is 0 Å². The van der Waals surface area contributed by atoms with Gasteiger partial charge in [-0.1, -0.05) is 212 Å². The summed E-state index contributed by atoms with van der Waals surface area (Å²) in [6.07, 6.45) is 0. The van der Waals surface area contributed by atoms with Gasteiger partial charge in [0.25, 0.3) is 0 Å². The molecule has 0 heterocycles. The highest BCUT2D eigenvalue weighted by Gasteiger charge is 2.16. The van der Waals surface area contributed by atoms with Gasteiger partial charge >= 0.3 is 0 Å². The van der Waals surface area contributed by atoms with Gasteiger partial charge in [-0.15, -0.1) is 11.6 Å². The summed E-state index contributed by atoms with van der Waals surface area (Å²) in [6.45, 7) is 0. The van der Waals surface area contributed by atoms with Crippen LogP contribution < -0.4 is 31.8 Å². The van der Waals surface area contributed by atoms with Crippen molar-refractivity contribution < 1.29 is 0 Å². The zero-order valence-electron chi connectivity index (χ0n) is 25.7. The van der Waals surface area contributed by atoms with E-state index in [-0.39, 0.29) is 0 Å². The first kappa shape index (κ1) is 33.1. The second kappa shape index (κ2) is 18.6. The summed E-state index contributed by atoms with van der Waals surface area (Å²) < 4.78 is 0. The predicted molar refractivity (Wildman–Crippen MR) is 206 cm³/mol. The molecule has 226 valence electrons. The van der Waals surface area contributed by atoms with Crippen LogP contribution in [0.25, 0.3) is 0 Å². The molecular weight excluding hydrogens is 614 g/mol. The standard InChI is InChI=1S/2C18H15P.C7H7Cl/c2*1-4-10-16(11-5-1)19(17-12-6-2-7-13-17)18-14-8-3-9-15-18;8-6-7-4-2-1-3-5-7/h2*1-15H;1-5H,6H2. The molecule has 0 nitrogen and oxygen atoms in total. The molecule has 0 saturated heterocycles. The topological polar surface area (TPSA) is 0 Å². The van der Waals surface area contributed by atoms with Crippen LogP contribution in [0.15, 0.2) is 212 Å². The SMILES string of the molecule is ClCc1ccccc1.c1ccc(P(c2ccccc2)c2ccccc2)cc1.c1ccc(P(c2ccccc2)c2ccccc2)cc1. The third-order valence-electron chi connectivity index (χ3n) is 7.08. The molecule has 0 radical (unpaired) electrons. The Labute approximate surface area is 281 Å². The lowest BCUT2D eigenvalue weighted by Gasteiger charge is -2.18. The van der Waals surface area contributed by atoms with Crippen LogP contribution in [-0.4, -0.2) is 0 Å². The maximum atomic E-state index is 5.53. The Bertz CT molecular complexity index is 1480. The summed E-state index contributed by atoms with van der Waals surface area (Å²) in [4.78, 5) is 0. The molecule has 0 aliphatic carbocycles. The Hall–Kier alpha value is -4.31. The first-order chi connectivity index (χ1) is 22.8. The van der Waals surface area contributed by atoms with Crippen LogP contribution in [0, 0.1) is 0 Å². The minimum Gasteiger partial charge on any atom is -0.122 e. The van der Waals surface area contributed by atoms with Crippen molar-refractivity contribution >= 4 is 59.3 Å². The Morgan fingerprint density at radius 1 is 0.261 bits per heavy atom. The van der Waals surface area contributed by atoms with Gasteiger partial charge in [-0.2, -0.15) is 0 Å². The molecule has 0 aromatic heterocycles. The number of hydrogen-bond donors (Lipinski definition) is 0. The van der Waals surface area contributed by atoms with Crippen molar-refractivity contribution in [3.8, 4) is 0 Å². The number of hydrogen-bond acceptors (Lipinski definition) is 0. The van der Waals surface area contributed by atoms with Gasteiger partial charge in [0.1, 0.15) is 0 Å². The van der Waals surface area contributed by atoms with Crippen LogP contribution in [0.1, 0.15) is 5.56 Å². The minimum absolute atomic E-state index is 0.446. The molecule has 0 aliphatic rings. The van der Waals surface area contributed by atoms with Crippen molar-refractivity contribution in [2.24, 2.45) is 0 Å². The van der Waals surface area contributed by atoms with Crippen LogP contribution in [0.3, 0.4) is 0 Å². The van der Waals surface area contributed by atoms with E-state index in [9.17, 15) is 0 Å². The van der Waals surface area contributed by atoms with Gasteiger partial charge < -0.3 is 0 Å². The van der Waals surface area contributed by atoms with Gasteiger partial charge in [-0.05, 0) is 53.2 Å². The molecule has 0 saturated carbocycles. The highest BCUT2D eigenvalue weighted by Crippen LogP contribution is 2.33. The summed E-state index contributed by atoms with van der Waals surface area (Å²) in [5.74, 6) is 0.612. The summed E-state index contributed by atoms with van der Waals surface area (Å²) in [6, 6.07) is 74.6. The fourth-order valence-corrected chi connectivity index (χ4v) is 9.71. The van der Waals surface area contributed by atoms with Crippen LogP contribution in [0.5, 0.6) is 0 Å².